The van der Waals surface area contributed by atoms with E-state index in [0.717, 1.165) is 45.9 Å². The van der Waals surface area contributed by atoms with E-state index in [1.165, 1.54) is 7.11 Å². The fourth-order valence-corrected chi connectivity index (χ4v) is 2.60. The number of carbonyl (C=O) groups is 1. The van der Waals surface area contributed by atoms with E-state index >= 15 is 0 Å². The normalized spacial score (nSPS) is 20.1. The van der Waals surface area contributed by atoms with Crippen LogP contribution in [0.1, 0.15) is 10.5 Å². The topological polar surface area (TPSA) is 67.8 Å². The van der Waals surface area contributed by atoms with Crippen LogP contribution in [0.15, 0.2) is 12.3 Å². The van der Waals surface area contributed by atoms with E-state index in [9.17, 15) is 4.79 Å². The van der Waals surface area contributed by atoms with Crippen molar-refractivity contribution < 1.29 is 14.3 Å². The number of aromatic nitrogens is 2. The summed E-state index contributed by atoms with van der Waals surface area (Å²) in [5.41, 5.74) is 0.302. The third-order valence-electron chi connectivity index (χ3n) is 3.92. The van der Waals surface area contributed by atoms with Crippen molar-refractivity contribution in [1.82, 2.24) is 14.9 Å². The molecule has 0 radical (unpaired) electrons. The maximum Gasteiger partial charge on any atom is 0.356 e. The first kappa shape index (κ1) is 14.2. The average Bonchev–Trinajstić information content (AvgIpc) is 2.51. The van der Waals surface area contributed by atoms with Gasteiger partial charge in [0.25, 0.3) is 0 Å². The molecule has 0 amide bonds. The van der Waals surface area contributed by atoms with Gasteiger partial charge in [-0.05, 0) is 6.07 Å². The van der Waals surface area contributed by atoms with Gasteiger partial charge in [-0.1, -0.05) is 0 Å². The van der Waals surface area contributed by atoms with Gasteiger partial charge >= 0.3 is 5.97 Å². The molecule has 2 saturated heterocycles. The molecule has 0 aromatic carbocycles. The Bertz CT molecular complexity index is 499. The van der Waals surface area contributed by atoms with Crippen LogP contribution in [0.2, 0.25) is 0 Å². The molecule has 7 heteroatoms. The number of esters is 1. The molecule has 0 saturated carbocycles. The number of methoxy groups -OCH3 is 1. The molecule has 0 atom stereocenters. The molecule has 3 heterocycles. The third-order valence-corrected chi connectivity index (χ3v) is 3.92. The van der Waals surface area contributed by atoms with Crippen molar-refractivity contribution in [1.29, 1.82) is 0 Å². The second-order valence-electron chi connectivity index (χ2n) is 5.42. The van der Waals surface area contributed by atoms with Gasteiger partial charge in [0.1, 0.15) is 0 Å². The molecular formula is C14H20N4O3. The zero-order valence-corrected chi connectivity index (χ0v) is 12.2. The standard InChI is InChI=1S/C14H20N4O3/c1-20-13(19)12-2-3-15-14(16-12)18-6-4-17(5-7-18)8-11-9-21-10-11/h2-3,11H,4-10H2,1H3. The molecule has 114 valence electrons. The number of hydrogen-bond donors (Lipinski definition) is 0. The Morgan fingerprint density at radius 2 is 2.14 bits per heavy atom. The number of ether oxygens (including phenoxy) is 2. The van der Waals surface area contributed by atoms with Gasteiger partial charge in [0.15, 0.2) is 5.69 Å². The smallest absolute Gasteiger partial charge is 0.356 e. The lowest BCUT2D eigenvalue weighted by Crippen LogP contribution is -2.50. The summed E-state index contributed by atoms with van der Waals surface area (Å²) in [4.78, 5) is 24.6. The van der Waals surface area contributed by atoms with E-state index in [1.54, 1.807) is 12.3 Å². The van der Waals surface area contributed by atoms with Gasteiger partial charge in [0.05, 0.1) is 20.3 Å². The number of nitrogens with zero attached hydrogens (tertiary/aromatic N) is 4. The highest BCUT2D eigenvalue weighted by Gasteiger charge is 2.25. The summed E-state index contributed by atoms with van der Waals surface area (Å²) in [6.07, 6.45) is 1.60. The minimum Gasteiger partial charge on any atom is -0.464 e. The predicted molar refractivity (Wildman–Crippen MR) is 76.3 cm³/mol. The average molecular weight is 292 g/mol. The highest BCUT2D eigenvalue weighted by atomic mass is 16.5. The van der Waals surface area contributed by atoms with E-state index < -0.39 is 5.97 Å². The van der Waals surface area contributed by atoms with Crippen LogP contribution in [0.5, 0.6) is 0 Å². The Morgan fingerprint density at radius 3 is 2.76 bits per heavy atom. The maximum absolute atomic E-state index is 11.5. The van der Waals surface area contributed by atoms with Crippen molar-refractivity contribution in [3.05, 3.63) is 18.0 Å². The van der Waals surface area contributed by atoms with Gasteiger partial charge in [-0.2, -0.15) is 0 Å². The van der Waals surface area contributed by atoms with Crippen molar-refractivity contribution in [3.63, 3.8) is 0 Å². The summed E-state index contributed by atoms with van der Waals surface area (Å²) in [6, 6.07) is 1.57. The molecule has 0 aliphatic carbocycles. The molecule has 0 N–H and O–H groups in total. The van der Waals surface area contributed by atoms with Gasteiger partial charge in [-0.3, -0.25) is 4.90 Å². The first-order valence-corrected chi connectivity index (χ1v) is 7.22. The fraction of sp³-hybridized carbons (Fsp3) is 0.643. The highest BCUT2D eigenvalue weighted by Crippen LogP contribution is 2.15. The number of carbonyl (C=O) groups excluding carboxylic acids is 1. The van der Waals surface area contributed by atoms with Crippen LogP contribution in [0.3, 0.4) is 0 Å². The number of anilines is 1. The minimum absolute atomic E-state index is 0.302. The van der Waals surface area contributed by atoms with Gasteiger partial charge in [0, 0.05) is 44.8 Å². The molecule has 0 bridgehead atoms. The van der Waals surface area contributed by atoms with Gasteiger partial charge in [0.2, 0.25) is 5.95 Å². The molecule has 3 rings (SSSR count). The van der Waals surface area contributed by atoms with Crippen molar-refractivity contribution in [2.75, 3.05) is 57.9 Å². The van der Waals surface area contributed by atoms with E-state index in [2.05, 4.69) is 19.8 Å². The Labute approximate surface area is 123 Å². The van der Waals surface area contributed by atoms with E-state index in [4.69, 9.17) is 9.47 Å². The first-order valence-electron chi connectivity index (χ1n) is 7.22. The Kier molecular flexibility index (Phi) is 4.31. The molecule has 0 unspecified atom stereocenters. The third kappa shape index (κ3) is 3.30. The van der Waals surface area contributed by atoms with Crippen LogP contribution in [0.25, 0.3) is 0 Å². The van der Waals surface area contributed by atoms with Crippen LogP contribution in [0, 0.1) is 5.92 Å². The Morgan fingerprint density at radius 1 is 1.38 bits per heavy atom. The molecule has 0 spiro atoms. The predicted octanol–water partition coefficient (Wildman–Crippen LogP) is 0.0316. The summed E-state index contributed by atoms with van der Waals surface area (Å²) >= 11 is 0. The van der Waals surface area contributed by atoms with Gasteiger partial charge in [-0.15, -0.1) is 0 Å². The molecule has 2 aliphatic heterocycles. The van der Waals surface area contributed by atoms with Crippen LogP contribution in [-0.2, 0) is 9.47 Å². The lowest BCUT2D eigenvalue weighted by Gasteiger charge is -2.38. The zero-order valence-electron chi connectivity index (χ0n) is 12.2. The number of hydrogen-bond acceptors (Lipinski definition) is 7. The molecule has 2 aliphatic rings. The van der Waals surface area contributed by atoms with Crippen LogP contribution < -0.4 is 4.90 Å². The van der Waals surface area contributed by atoms with Crippen molar-refractivity contribution >= 4 is 11.9 Å². The summed E-state index contributed by atoms with van der Waals surface area (Å²) < 4.78 is 9.90. The molecule has 1 aromatic rings. The van der Waals surface area contributed by atoms with Crippen molar-refractivity contribution in [2.45, 2.75) is 0 Å². The summed E-state index contributed by atoms with van der Waals surface area (Å²) in [6.45, 7) is 6.62. The first-order chi connectivity index (χ1) is 10.3. The van der Waals surface area contributed by atoms with E-state index in [-0.39, 0.29) is 0 Å². The molecular weight excluding hydrogens is 272 g/mol. The largest absolute Gasteiger partial charge is 0.464 e. The lowest BCUT2D eigenvalue weighted by molar-refractivity contribution is -0.0469. The Balaban J connectivity index is 1.57. The van der Waals surface area contributed by atoms with E-state index in [0.29, 0.717) is 17.6 Å². The minimum atomic E-state index is -0.428. The van der Waals surface area contributed by atoms with Gasteiger partial charge in [-0.25, -0.2) is 14.8 Å². The fourth-order valence-electron chi connectivity index (χ4n) is 2.60. The van der Waals surface area contributed by atoms with Crippen molar-refractivity contribution in [2.24, 2.45) is 5.92 Å². The maximum atomic E-state index is 11.5. The number of piperazine rings is 1. The van der Waals surface area contributed by atoms with Crippen LogP contribution in [-0.4, -0.2) is 73.9 Å². The summed E-state index contributed by atoms with van der Waals surface area (Å²) in [5.74, 6) is 0.863. The lowest BCUT2D eigenvalue weighted by atomic mass is 10.1. The monoisotopic (exact) mass is 292 g/mol. The quantitative estimate of drug-likeness (QED) is 0.725. The van der Waals surface area contributed by atoms with E-state index in [1.807, 2.05) is 0 Å². The molecule has 1 aromatic heterocycles. The zero-order chi connectivity index (χ0) is 14.7. The second-order valence-corrected chi connectivity index (χ2v) is 5.42. The summed E-state index contributed by atoms with van der Waals surface area (Å²) in [5, 5.41) is 0. The van der Waals surface area contributed by atoms with Crippen LogP contribution in [0.4, 0.5) is 5.95 Å². The molecule has 2 fully saturated rings. The molecule has 21 heavy (non-hydrogen) atoms. The summed E-state index contributed by atoms with van der Waals surface area (Å²) in [7, 11) is 1.35. The highest BCUT2D eigenvalue weighted by molar-refractivity contribution is 5.87. The van der Waals surface area contributed by atoms with Gasteiger partial charge < -0.3 is 14.4 Å². The SMILES string of the molecule is COC(=O)c1ccnc(N2CCN(CC3COC3)CC2)n1. The Hall–Kier alpha value is -1.73. The second kappa shape index (κ2) is 6.36. The number of rotatable bonds is 4. The molecule has 7 nitrogen and oxygen atoms in total. The van der Waals surface area contributed by atoms with Crippen LogP contribution >= 0.6 is 0 Å². The van der Waals surface area contributed by atoms with Crippen molar-refractivity contribution in [3.8, 4) is 0 Å².